The van der Waals surface area contributed by atoms with E-state index in [2.05, 4.69) is 9.97 Å². The van der Waals surface area contributed by atoms with Crippen LogP contribution in [-0.4, -0.2) is 23.0 Å². The van der Waals surface area contributed by atoms with Crippen LogP contribution < -0.4 is 0 Å². The van der Waals surface area contributed by atoms with Gasteiger partial charge in [0.15, 0.2) is 0 Å². The molecule has 0 spiro atoms. The second kappa shape index (κ2) is 5.94. The summed E-state index contributed by atoms with van der Waals surface area (Å²) in [4.78, 5) is 19.7. The van der Waals surface area contributed by atoms with Gasteiger partial charge in [-0.15, -0.1) is 0 Å². The first-order valence-corrected chi connectivity index (χ1v) is 5.38. The number of hydrogen-bond acceptors (Lipinski definition) is 5. The van der Waals surface area contributed by atoms with Crippen LogP contribution in [0, 0.1) is 17.2 Å². The Morgan fingerprint density at radius 3 is 2.47 bits per heavy atom. The third-order valence-corrected chi connectivity index (χ3v) is 2.31. The van der Waals surface area contributed by atoms with Gasteiger partial charge in [-0.1, -0.05) is 13.8 Å². The predicted octanol–water partition coefficient (Wildman–Crippen LogP) is 1.65. The van der Waals surface area contributed by atoms with Crippen molar-refractivity contribution in [3.8, 4) is 6.07 Å². The van der Waals surface area contributed by atoms with E-state index in [4.69, 9.17) is 10.00 Å². The Morgan fingerprint density at radius 1 is 1.47 bits per heavy atom. The Kier molecular flexibility index (Phi) is 4.58. The van der Waals surface area contributed by atoms with E-state index in [-0.39, 0.29) is 5.97 Å². The van der Waals surface area contributed by atoms with E-state index in [1.54, 1.807) is 0 Å². The molecule has 1 aromatic heterocycles. The average molecular weight is 233 g/mol. The second-order valence-corrected chi connectivity index (χ2v) is 4.15. The van der Waals surface area contributed by atoms with Gasteiger partial charge in [0.1, 0.15) is 17.8 Å². The topological polar surface area (TPSA) is 75.9 Å². The molecule has 5 nitrogen and oxygen atoms in total. The molecule has 1 rings (SSSR count). The molecule has 0 saturated carbocycles. The normalized spacial score (nSPS) is 11.9. The molecule has 0 radical (unpaired) electrons. The summed E-state index contributed by atoms with van der Waals surface area (Å²) in [5, 5.41) is 8.65. The molecule has 0 aliphatic rings. The molecule has 0 N–H and O–H groups in total. The van der Waals surface area contributed by atoms with Crippen molar-refractivity contribution in [3.05, 3.63) is 23.8 Å². The fourth-order valence-corrected chi connectivity index (χ4v) is 1.50. The first-order valence-electron chi connectivity index (χ1n) is 5.38. The van der Waals surface area contributed by atoms with Gasteiger partial charge < -0.3 is 4.74 Å². The maximum absolute atomic E-state index is 11.6. The lowest BCUT2D eigenvalue weighted by molar-refractivity contribution is -0.143. The van der Waals surface area contributed by atoms with Crippen molar-refractivity contribution < 1.29 is 9.53 Å². The van der Waals surface area contributed by atoms with Gasteiger partial charge >= 0.3 is 5.97 Å². The van der Waals surface area contributed by atoms with Crippen LogP contribution in [0.3, 0.4) is 0 Å². The maximum Gasteiger partial charge on any atom is 0.316 e. The molecule has 0 amide bonds. The summed E-state index contributed by atoms with van der Waals surface area (Å²) < 4.78 is 4.74. The Balaban J connectivity index is 2.96. The van der Waals surface area contributed by atoms with E-state index in [0.29, 0.717) is 23.7 Å². The minimum Gasteiger partial charge on any atom is -0.468 e. The van der Waals surface area contributed by atoms with Gasteiger partial charge in [0, 0.05) is 12.4 Å². The number of nitriles is 1. The van der Waals surface area contributed by atoms with Crippen molar-refractivity contribution in [2.45, 2.75) is 26.2 Å². The van der Waals surface area contributed by atoms with E-state index < -0.39 is 5.92 Å². The molecule has 0 fully saturated rings. The first kappa shape index (κ1) is 13.1. The minimum atomic E-state index is -0.465. The quantitative estimate of drug-likeness (QED) is 0.739. The molecule has 1 atom stereocenters. The SMILES string of the molecule is COC(=O)C(CC(C)C)c1ncc(C#N)cn1. The second-order valence-electron chi connectivity index (χ2n) is 4.15. The van der Waals surface area contributed by atoms with E-state index in [1.807, 2.05) is 19.9 Å². The molecular weight excluding hydrogens is 218 g/mol. The minimum absolute atomic E-state index is 0.332. The summed E-state index contributed by atoms with van der Waals surface area (Å²) in [5.74, 6) is -0.0703. The standard InChI is InChI=1S/C12H15N3O2/c1-8(2)4-10(12(16)17-3)11-14-6-9(5-13)7-15-11/h6-8,10H,4H2,1-3H3. The molecule has 0 saturated heterocycles. The lowest BCUT2D eigenvalue weighted by Gasteiger charge is -2.14. The van der Waals surface area contributed by atoms with Crippen LogP contribution in [0.2, 0.25) is 0 Å². The maximum atomic E-state index is 11.6. The Bertz CT molecular complexity index is 420. The molecule has 90 valence electrons. The molecule has 0 aliphatic carbocycles. The molecule has 5 heteroatoms. The Hall–Kier alpha value is -1.96. The highest BCUT2D eigenvalue weighted by Crippen LogP contribution is 2.22. The number of ether oxygens (including phenoxy) is 1. The van der Waals surface area contributed by atoms with Gasteiger partial charge in [-0.05, 0) is 12.3 Å². The van der Waals surface area contributed by atoms with E-state index in [1.165, 1.54) is 19.5 Å². The Labute approximate surface area is 100 Å². The van der Waals surface area contributed by atoms with E-state index in [0.717, 1.165) is 0 Å². The number of carbonyl (C=O) groups is 1. The first-order chi connectivity index (χ1) is 8.08. The highest BCUT2D eigenvalue weighted by Gasteiger charge is 2.25. The number of carbonyl (C=O) groups excluding carboxylic acids is 1. The summed E-state index contributed by atoms with van der Waals surface area (Å²) in [5.41, 5.74) is 0.377. The zero-order valence-electron chi connectivity index (χ0n) is 10.2. The zero-order chi connectivity index (χ0) is 12.8. The molecule has 17 heavy (non-hydrogen) atoms. The van der Waals surface area contributed by atoms with Crippen molar-refractivity contribution >= 4 is 5.97 Å². The number of methoxy groups -OCH3 is 1. The summed E-state index contributed by atoms with van der Waals surface area (Å²) in [7, 11) is 1.35. The molecule has 1 aromatic rings. The van der Waals surface area contributed by atoms with Crippen LogP contribution >= 0.6 is 0 Å². The van der Waals surface area contributed by atoms with Crippen molar-refractivity contribution in [2.24, 2.45) is 5.92 Å². The Morgan fingerprint density at radius 2 is 2.06 bits per heavy atom. The fourth-order valence-electron chi connectivity index (χ4n) is 1.50. The van der Waals surface area contributed by atoms with E-state index >= 15 is 0 Å². The number of esters is 1. The summed E-state index contributed by atoms with van der Waals surface area (Å²) in [6, 6.07) is 1.94. The van der Waals surface area contributed by atoms with Crippen molar-refractivity contribution in [2.75, 3.05) is 7.11 Å². The third kappa shape index (κ3) is 3.52. The predicted molar refractivity (Wildman–Crippen MR) is 61.0 cm³/mol. The van der Waals surface area contributed by atoms with Crippen LogP contribution in [-0.2, 0) is 9.53 Å². The van der Waals surface area contributed by atoms with Crippen LogP contribution in [0.5, 0.6) is 0 Å². The average Bonchev–Trinajstić information content (AvgIpc) is 2.35. The van der Waals surface area contributed by atoms with Crippen molar-refractivity contribution in [3.63, 3.8) is 0 Å². The summed E-state index contributed by atoms with van der Waals surface area (Å²) in [6.45, 7) is 4.03. The molecule has 0 aromatic carbocycles. The summed E-state index contributed by atoms with van der Waals surface area (Å²) >= 11 is 0. The van der Waals surface area contributed by atoms with Gasteiger partial charge in [0.05, 0.1) is 12.7 Å². The largest absolute Gasteiger partial charge is 0.468 e. The van der Waals surface area contributed by atoms with Gasteiger partial charge in [0.25, 0.3) is 0 Å². The van der Waals surface area contributed by atoms with Gasteiger partial charge in [-0.2, -0.15) is 5.26 Å². The van der Waals surface area contributed by atoms with Crippen LogP contribution in [0.25, 0.3) is 0 Å². The molecular formula is C12H15N3O2. The van der Waals surface area contributed by atoms with Crippen LogP contribution in [0.15, 0.2) is 12.4 Å². The molecule has 0 bridgehead atoms. The van der Waals surface area contributed by atoms with Crippen molar-refractivity contribution in [1.82, 2.24) is 9.97 Å². The van der Waals surface area contributed by atoms with Crippen LogP contribution in [0.4, 0.5) is 0 Å². The van der Waals surface area contributed by atoms with Gasteiger partial charge in [0.2, 0.25) is 0 Å². The van der Waals surface area contributed by atoms with Crippen LogP contribution in [0.1, 0.15) is 37.6 Å². The van der Waals surface area contributed by atoms with Gasteiger partial charge in [-0.3, -0.25) is 4.79 Å². The van der Waals surface area contributed by atoms with E-state index in [9.17, 15) is 4.79 Å². The summed E-state index contributed by atoms with van der Waals surface area (Å²) in [6.07, 6.45) is 3.45. The number of hydrogen-bond donors (Lipinski definition) is 0. The smallest absolute Gasteiger partial charge is 0.316 e. The lowest BCUT2D eigenvalue weighted by Crippen LogP contribution is -2.19. The zero-order valence-corrected chi connectivity index (χ0v) is 10.2. The number of rotatable bonds is 4. The van der Waals surface area contributed by atoms with Gasteiger partial charge in [-0.25, -0.2) is 9.97 Å². The number of nitrogens with zero attached hydrogens (tertiary/aromatic N) is 3. The highest BCUT2D eigenvalue weighted by atomic mass is 16.5. The molecule has 1 unspecified atom stereocenters. The fraction of sp³-hybridized carbons (Fsp3) is 0.500. The lowest BCUT2D eigenvalue weighted by atomic mass is 9.96. The monoisotopic (exact) mass is 233 g/mol. The molecule has 0 aliphatic heterocycles. The third-order valence-electron chi connectivity index (χ3n) is 2.31. The highest BCUT2D eigenvalue weighted by molar-refractivity contribution is 5.76. The van der Waals surface area contributed by atoms with Crippen molar-refractivity contribution in [1.29, 1.82) is 5.26 Å². The number of aromatic nitrogens is 2. The molecule has 1 heterocycles.